The average molecular weight is 671 g/mol. The van der Waals surface area contributed by atoms with Crippen LogP contribution in [0.4, 0.5) is 18.0 Å². The number of ether oxygens (including phenoxy) is 2. The molecule has 5 rings (SSSR count). The molecule has 3 aromatic carbocycles. The van der Waals surface area contributed by atoms with Crippen molar-refractivity contribution < 1.29 is 32.2 Å². The number of alkyl halides is 3. The minimum atomic E-state index is -4.79. The van der Waals surface area contributed by atoms with Gasteiger partial charge in [0.2, 0.25) is 0 Å². The second-order valence-corrected chi connectivity index (χ2v) is 12.9. The van der Waals surface area contributed by atoms with Crippen LogP contribution in [0.25, 0.3) is 22.0 Å². The Bertz CT molecular complexity index is 1710. The first-order chi connectivity index (χ1) is 22.3. The molecule has 1 saturated heterocycles. The molecule has 1 fully saturated rings. The van der Waals surface area contributed by atoms with Crippen molar-refractivity contribution in [1.82, 2.24) is 19.7 Å². The SMILES string of the molecule is CC(C)(C)OC(=O)NCCCn1cc(-c2ccc(OC(F)(F)F)cc2)c2cc(C(=O)N3CCN(Cc4ccccc4Cl)CC3)ccc21. The predicted octanol–water partition coefficient (Wildman–Crippen LogP) is 7.73. The molecule has 0 spiro atoms. The molecule has 47 heavy (non-hydrogen) atoms. The van der Waals surface area contributed by atoms with Gasteiger partial charge in [0.1, 0.15) is 11.4 Å². The van der Waals surface area contributed by atoms with Crippen molar-refractivity contribution in [2.24, 2.45) is 0 Å². The van der Waals surface area contributed by atoms with E-state index in [1.165, 1.54) is 12.1 Å². The highest BCUT2D eigenvalue weighted by Gasteiger charge is 2.31. The highest BCUT2D eigenvalue weighted by Crippen LogP contribution is 2.34. The molecule has 8 nitrogen and oxygen atoms in total. The number of hydrogen-bond acceptors (Lipinski definition) is 5. The van der Waals surface area contributed by atoms with E-state index in [9.17, 15) is 22.8 Å². The van der Waals surface area contributed by atoms with Gasteiger partial charge in [-0.25, -0.2) is 4.79 Å². The van der Waals surface area contributed by atoms with E-state index in [0.717, 1.165) is 27.1 Å². The molecule has 0 unspecified atom stereocenters. The molecule has 4 aromatic rings. The number of amides is 2. The summed E-state index contributed by atoms with van der Waals surface area (Å²) < 4.78 is 49.7. The summed E-state index contributed by atoms with van der Waals surface area (Å²) in [5.74, 6) is -0.402. The van der Waals surface area contributed by atoms with Gasteiger partial charge in [-0.15, -0.1) is 13.2 Å². The lowest BCUT2D eigenvalue weighted by Crippen LogP contribution is -2.48. The van der Waals surface area contributed by atoms with Crippen LogP contribution in [0.2, 0.25) is 5.02 Å². The first-order valence-corrected chi connectivity index (χ1v) is 15.8. The number of aromatic nitrogens is 1. The van der Waals surface area contributed by atoms with Crippen molar-refractivity contribution in [2.45, 2.75) is 52.2 Å². The average Bonchev–Trinajstić information content (AvgIpc) is 3.37. The van der Waals surface area contributed by atoms with Crippen molar-refractivity contribution in [3.05, 3.63) is 89.1 Å². The minimum Gasteiger partial charge on any atom is -0.444 e. The van der Waals surface area contributed by atoms with Crippen LogP contribution in [0.15, 0.2) is 72.9 Å². The fourth-order valence-corrected chi connectivity index (χ4v) is 5.79. The molecule has 2 amide bonds. The van der Waals surface area contributed by atoms with Gasteiger partial charge < -0.3 is 24.3 Å². The molecule has 0 bridgehead atoms. The van der Waals surface area contributed by atoms with Crippen molar-refractivity contribution in [1.29, 1.82) is 0 Å². The first kappa shape index (κ1) is 34.1. The second kappa shape index (κ2) is 14.3. The smallest absolute Gasteiger partial charge is 0.444 e. The predicted molar refractivity (Wildman–Crippen MR) is 176 cm³/mol. The Morgan fingerprint density at radius 3 is 2.30 bits per heavy atom. The summed E-state index contributed by atoms with van der Waals surface area (Å²) in [6, 6.07) is 19.0. The Morgan fingerprint density at radius 2 is 1.64 bits per heavy atom. The van der Waals surface area contributed by atoms with E-state index in [1.807, 2.05) is 52.1 Å². The van der Waals surface area contributed by atoms with Crippen LogP contribution in [0.5, 0.6) is 5.75 Å². The molecule has 2 heterocycles. The number of nitrogens with one attached hydrogen (secondary N) is 1. The van der Waals surface area contributed by atoms with Crippen LogP contribution in [-0.4, -0.2) is 71.1 Å². The number of alkyl carbamates (subject to hydrolysis) is 1. The van der Waals surface area contributed by atoms with Crippen LogP contribution in [0.1, 0.15) is 43.1 Å². The highest BCUT2D eigenvalue weighted by molar-refractivity contribution is 6.31. The molecule has 250 valence electrons. The topological polar surface area (TPSA) is 76.0 Å². The van der Waals surface area contributed by atoms with Gasteiger partial charge in [0.05, 0.1) is 0 Å². The third-order valence-corrected chi connectivity index (χ3v) is 8.15. The molecule has 0 saturated carbocycles. The fourth-order valence-electron chi connectivity index (χ4n) is 5.59. The number of aryl methyl sites for hydroxylation is 1. The van der Waals surface area contributed by atoms with Crippen molar-refractivity contribution >= 4 is 34.5 Å². The summed E-state index contributed by atoms with van der Waals surface area (Å²) >= 11 is 6.35. The molecular formula is C35H38ClF3N4O4. The lowest BCUT2D eigenvalue weighted by molar-refractivity contribution is -0.274. The maximum absolute atomic E-state index is 13.7. The number of carbonyl (C=O) groups is 2. The summed E-state index contributed by atoms with van der Waals surface area (Å²) in [5.41, 5.74) is 3.27. The van der Waals surface area contributed by atoms with E-state index in [0.29, 0.717) is 63.4 Å². The molecule has 1 aliphatic heterocycles. The zero-order valence-electron chi connectivity index (χ0n) is 26.6. The monoisotopic (exact) mass is 670 g/mol. The lowest BCUT2D eigenvalue weighted by Gasteiger charge is -2.35. The highest BCUT2D eigenvalue weighted by atomic mass is 35.5. The fraction of sp³-hybridized carbons (Fsp3) is 0.371. The molecule has 0 atom stereocenters. The zero-order valence-corrected chi connectivity index (χ0v) is 27.3. The summed E-state index contributed by atoms with van der Waals surface area (Å²) in [4.78, 5) is 29.9. The normalized spacial score (nSPS) is 14.3. The number of nitrogens with zero attached hydrogens (tertiary/aromatic N) is 3. The van der Waals surface area contributed by atoms with Crippen molar-refractivity contribution in [3.8, 4) is 16.9 Å². The molecular weight excluding hydrogens is 633 g/mol. The summed E-state index contributed by atoms with van der Waals surface area (Å²) in [7, 11) is 0. The van der Waals surface area contributed by atoms with Crippen LogP contribution in [-0.2, 0) is 17.8 Å². The summed E-state index contributed by atoms with van der Waals surface area (Å²) in [5, 5.41) is 4.28. The first-order valence-electron chi connectivity index (χ1n) is 15.5. The molecule has 1 aliphatic rings. The van der Waals surface area contributed by atoms with E-state index in [4.69, 9.17) is 16.3 Å². The van der Waals surface area contributed by atoms with Gasteiger partial charge in [-0.3, -0.25) is 9.69 Å². The van der Waals surface area contributed by atoms with Gasteiger partial charge in [-0.05, 0) is 74.7 Å². The summed E-state index contributed by atoms with van der Waals surface area (Å²) in [6.45, 7) is 9.59. The molecule has 1 N–H and O–H groups in total. The van der Waals surface area contributed by atoms with Crippen molar-refractivity contribution in [3.63, 3.8) is 0 Å². The minimum absolute atomic E-state index is 0.0847. The standard InChI is InChI=1S/C35H38ClF3N4O4/c1-34(2,3)47-33(45)40-15-6-16-43-23-29(24-9-12-27(13-10-24)46-35(37,38)39)28-21-25(11-14-31(28)43)32(44)42-19-17-41(18-20-42)22-26-7-4-5-8-30(26)36/h4-5,7-14,21,23H,6,15-20,22H2,1-3H3,(H,40,45). The van der Waals surface area contributed by atoms with E-state index in [2.05, 4.69) is 15.0 Å². The number of carbonyl (C=O) groups excluding carboxylic acids is 2. The number of fused-ring (bicyclic) bond motifs is 1. The van der Waals surface area contributed by atoms with Crippen LogP contribution >= 0.6 is 11.6 Å². The van der Waals surface area contributed by atoms with Gasteiger partial charge in [-0.2, -0.15) is 0 Å². The second-order valence-electron chi connectivity index (χ2n) is 12.5. The van der Waals surface area contributed by atoms with Gasteiger partial charge in [0, 0.05) is 79.1 Å². The number of piperazine rings is 1. The Labute approximate surface area is 277 Å². The van der Waals surface area contributed by atoms with Gasteiger partial charge in [0.25, 0.3) is 5.91 Å². The Hall–Kier alpha value is -4.22. The number of hydrogen-bond donors (Lipinski definition) is 1. The molecule has 1 aromatic heterocycles. The van der Waals surface area contributed by atoms with E-state index in [1.54, 1.807) is 39.0 Å². The Morgan fingerprint density at radius 1 is 0.936 bits per heavy atom. The van der Waals surface area contributed by atoms with Crippen molar-refractivity contribution in [2.75, 3.05) is 32.7 Å². The number of halogens is 4. The Kier molecular flexibility index (Phi) is 10.4. The van der Waals surface area contributed by atoms with Gasteiger partial charge >= 0.3 is 12.5 Å². The lowest BCUT2D eigenvalue weighted by atomic mass is 10.0. The molecule has 0 radical (unpaired) electrons. The van der Waals surface area contributed by atoms with Gasteiger partial charge in [0.15, 0.2) is 0 Å². The number of benzene rings is 3. The van der Waals surface area contributed by atoms with Crippen LogP contribution < -0.4 is 10.1 Å². The third kappa shape index (κ3) is 9.20. The van der Waals surface area contributed by atoms with E-state index < -0.39 is 18.1 Å². The zero-order chi connectivity index (χ0) is 33.8. The van der Waals surface area contributed by atoms with E-state index in [-0.39, 0.29) is 11.7 Å². The number of rotatable bonds is 9. The Balaban J connectivity index is 1.33. The molecule has 12 heteroatoms. The van der Waals surface area contributed by atoms with Gasteiger partial charge in [-0.1, -0.05) is 41.9 Å². The third-order valence-electron chi connectivity index (χ3n) is 7.78. The van der Waals surface area contributed by atoms with Crippen LogP contribution in [0, 0.1) is 0 Å². The van der Waals surface area contributed by atoms with E-state index >= 15 is 0 Å². The van der Waals surface area contributed by atoms with Crippen LogP contribution in [0.3, 0.4) is 0 Å². The maximum Gasteiger partial charge on any atom is 0.573 e. The maximum atomic E-state index is 13.7. The largest absolute Gasteiger partial charge is 0.573 e. The molecule has 0 aliphatic carbocycles. The summed E-state index contributed by atoms with van der Waals surface area (Å²) in [6.07, 6.45) is -2.77. The quantitative estimate of drug-likeness (QED) is 0.185.